The number of fused-ring (bicyclic) bond motifs is 6. The van der Waals surface area contributed by atoms with Crippen LogP contribution in [0.5, 0.6) is 0 Å². The Balaban J connectivity index is 1.37. The second-order valence-electron chi connectivity index (χ2n) is 11.0. The molecule has 0 fully saturated rings. The van der Waals surface area contributed by atoms with Crippen molar-refractivity contribution in [3.63, 3.8) is 0 Å². The van der Waals surface area contributed by atoms with Gasteiger partial charge < -0.3 is 8.98 Å². The monoisotopic (exact) mass is 563 g/mol. The molecule has 44 heavy (non-hydrogen) atoms. The van der Waals surface area contributed by atoms with E-state index in [1.54, 1.807) is 0 Å². The number of rotatable bonds is 4. The lowest BCUT2D eigenvalue weighted by molar-refractivity contribution is 0.670. The van der Waals surface area contributed by atoms with E-state index in [-0.39, 0.29) is 0 Å². The predicted molar refractivity (Wildman–Crippen MR) is 180 cm³/mol. The van der Waals surface area contributed by atoms with Crippen molar-refractivity contribution < 1.29 is 4.42 Å². The van der Waals surface area contributed by atoms with Gasteiger partial charge in [0.25, 0.3) is 0 Å². The topological polar surface area (TPSA) is 43.9 Å². The van der Waals surface area contributed by atoms with Gasteiger partial charge in [0.15, 0.2) is 5.82 Å². The van der Waals surface area contributed by atoms with Crippen molar-refractivity contribution in [1.82, 2.24) is 14.5 Å². The molecule has 4 heteroatoms. The minimum absolute atomic E-state index is 0.672. The zero-order chi connectivity index (χ0) is 29.0. The molecule has 0 unspecified atom stereocenters. The van der Waals surface area contributed by atoms with Crippen LogP contribution in [0.4, 0.5) is 0 Å². The summed E-state index contributed by atoms with van der Waals surface area (Å²) >= 11 is 0. The van der Waals surface area contributed by atoms with Crippen molar-refractivity contribution in [2.45, 2.75) is 0 Å². The van der Waals surface area contributed by atoms with E-state index >= 15 is 0 Å². The summed E-state index contributed by atoms with van der Waals surface area (Å²) in [5, 5.41) is 4.56. The maximum absolute atomic E-state index is 6.45. The molecule has 0 spiro atoms. The number of hydrogen-bond donors (Lipinski definition) is 0. The van der Waals surface area contributed by atoms with Gasteiger partial charge in [-0.25, -0.2) is 9.97 Å². The highest BCUT2D eigenvalue weighted by Crippen LogP contribution is 2.40. The average molecular weight is 564 g/mol. The summed E-state index contributed by atoms with van der Waals surface area (Å²) in [5.74, 6) is 0.672. The van der Waals surface area contributed by atoms with Crippen molar-refractivity contribution in [3.05, 3.63) is 152 Å². The molecule has 0 saturated carbocycles. The summed E-state index contributed by atoms with van der Waals surface area (Å²) in [6.07, 6.45) is 0. The maximum Gasteiger partial charge on any atom is 0.160 e. The van der Waals surface area contributed by atoms with Gasteiger partial charge in [0.1, 0.15) is 11.2 Å². The molecule has 6 aromatic carbocycles. The third-order valence-corrected chi connectivity index (χ3v) is 8.42. The van der Waals surface area contributed by atoms with E-state index in [9.17, 15) is 0 Å². The molecule has 0 N–H and O–H groups in total. The van der Waals surface area contributed by atoms with Gasteiger partial charge in [0, 0.05) is 43.9 Å². The molecule has 3 aromatic heterocycles. The molecule has 0 amide bonds. The third-order valence-electron chi connectivity index (χ3n) is 8.42. The van der Waals surface area contributed by atoms with Crippen molar-refractivity contribution >= 4 is 43.7 Å². The number of benzene rings is 6. The van der Waals surface area contributed by atoms with Crippen LogP contribution in [0.25, 0.3) is 83.3 Å². The van der Waals surface area contributed by atoms with Gasteiger partial charge in [-0.1, -0.05) is 115 Å². The lowest BCUT2D eigenvalue weighted by atomic mass is 10.0. The number of aromatic nitrogens is 3. The van der Waals surface area contributed by atoms with E-state index in [4.69, 9.17) is 14.4 Å². The molecule has 9 rings (SSSR count). The lowest BCUT2D eigenvalue weighted by Gasteiger charge is -2.13. The minimum atomic E-state index is 0.672. The van der Waals surface area contributed by atoms with Crippen molar-refractivity contribution in [2.24, 2.45) is 0 Å². The average Bonchev–Trinajstić information content (AvgIpc) is 3.65. The van der Waals surface area contributed by atoms with Crippen LogP contribution >= 0.6 is 0 Å². The quantitative estimate of drug-likeness (QED) is 0.214. The van der Waals surface area contributed by atoms with Gasteiger partial charge in [-0.3, -0.25) is 0 Å². The molecule has 9 aromatic rings. The Morgan fingerprint density at radius 2 is 1.09 bits per heavy atom. The Kier molecular flexibility index (Phi) is 5.47. The van der Waals surface area contributed by atoms with Gasteiger partial charge in [-0.15, -0.1) is 0 Å². The summed E-state index contributed by atoms with van der Waals surface area (Å²) in [6.45, 7) is 0. The van der Waals surface area contributed by atoms with E-state index in [0.29, 0.717) is 5.82 Å². The van der Waals surface area contributed by atoms with Crippen LogP contribution < -0.4 is 0 Å². The fraction of sp³-hybridized carbons (Fsp3) is 0. The molecule has 4 nitrogen and oxygen atoms in total. The highest BCUT2D eigenvalue weighted by atomic mass is 16.3. The fourth-order valence-electron chi connectivity index (χ4n) is 6.46. The van der Waals surface area contributed by atoms with Crippen LogP contribution in [0, 0.1) is 0 Å². The molecule has 0 saturated heterocycles. The smallest absolute Gasteiger partial charge is 0.160 e. The zero-order valence-electron chi connectivity index (χ0n) is 23.7. The first-order valence-corrected chi connectivity index (χ1v) is 14.8. The Labute approximate surface area is 253 Å². The molecule has 0 aliphatic carbocycles. The van der Waals surface area contributed by atoms with Gasteiger partial charge in [-0.2, -0.15) is 0 Å². The van der Waals surface area contributed by atoms with Crippen molar-refractivity contribution in [1.29, 1.82) is 0 Å². The number of hydrogen-bond acceptors (Lipinski definition) is 3. The minimum Gasteiger partial charge on any atom is -0.455 e. The van der Waals surface area contributed by atoms with Crippen molar-refractivity contribution in [2.75, 3.05) is 0 Å². The molecule has 0 radical (unpaired) electrons. The van der Waals surface area contributed by atoms with Crippen LogP contribution in [-0.2, 0) is 0 Å². The third kappa shape index (κ3) is 3.78. The zero-order valence-corrected chi connectivity index (χ0v) is 23.7. The second kappa shape index (κ2) is 9.79. The second-order valence-corrected chi connectivity index (χ2v) is 11.0. The highest BCUT2D eigenvalue weighted by Gasteiger charge is 2.20. The van der Waals surface area contributed by atoms with Gasteiger partial charge >= 0.3 is 0 Å². The normalized spacial score (nSPS) is 11.6. The van der Waals surface area contributed by atoms with E-state index in [2.05, 4.69) is 120 Å². The first-order valence-electron chi connectivity index (χ1n) is 14.8. The predicted octanol–water partition coefficient (Wildman–Crippen LogP) is 10.5. The van der Waals surface area contributed by atoms with Crippen LogP contribution in [0.1, 0.15) is 0 Å². The summed E-state index contributed by atoms with van der Waals surface area (Å²) < 4.78 is 8.80. The van der Waals surface area contributed by atoms with Gasteiger partial charge in [0.2, 0.25) is 0 Å². The van der Waals surface area contributed by atoms with Gasteiger partial charge in [0.05, 0.1) is 22.4 Å². The van der Waals surface area contributed by atoms with Crippen LogP contribution in [0.2, 0.25) is 0 Å². The Hall–Kier alpha value is -6.00. The number of nitrogens with zero attached hydrogens (tertiary/aromatic N) is 3. The summed E-state index contributed by atoms with van der Waals surface area (Å²) in [7, 11) is 0. The van der Waals surface area contributed by atoms with Crippen LogP contribution in [-0.4, -0.2) is 14.5 Å². The SMILES string of the molecule is c1ccc(-c2nc(-c3cccc4c3oc3ccccc34)cc(-c3cccc4c5ccccc5n(-c5ccccc5)c34)n2)cc1. The fourth-order valence-corrected chi connectivity index (χ4v) is 6.46. The molecule has 0 bridgehead atoms. The lowest BCUT2D eigenvalue weighted by Crippen LogP contribution is -1.99. The van der Waals surface area contributed by atoms with Crippen LogP contribution in [0.3, 0.4) is 0 Å². The van der Waals surface area contributed by atoms with E-state index in [0.717, 1.165) is 66.7 Å². The van der Waals surface area contributed by atoms with Crippen LogP contribution in [0.15, 0.2) is 156 Å². The van der Waals surface area contributed by atoms with E-state index in [1.807, 2.05) is 36.4 Å². The Bertz CT molecular complexity index is 2490. The molecular formula is C40H25N3O. The largest absolute Gasteiger partial charge is 0.455 e. The molecule has 206 valence electrons. The summed E-state index contributed by atoms with van der Waals surface area (Å²) in [4.78, 5) is 10.4. The molecule has 0 aliphatic heterocycles. The summed E-state index contributed by atoms with van der Waals surface area (Å²) in [6, 6.07) is 52.4. The number of para-hydroxylation sites is 5. The maximum atomic E-state index is 6.45. The first-order chi connectivity index (χ1) is 21.8. The number of furan rings is 1. The molecular weight excluding hydrogens is 538 g/mol. The van der Waals surface area contributed by atoms with Gasteiger partial charge in [-0.05, 0) is 36.4 Å². The van der Waals surface area contributed by atoms with E-state index < -0.39 is 0 Å². The molecule has 0 aliphatic rings. The standard InChI is InChI=1S/C40H25N3O/c1-3-13-26(14-4-1)40-41-34(25-35(42-40)33-22-12-20-31-29-18-8-10-24-37(29)44-39(31)33)32-21-11-19-30-28-17-7-9-23-36(28)43(38(30)32)27-15-5-2-6-16-27/h1-25H. The molecule has 3 heterocycles. The van der Waals surface area contributed by atoms with E-state index in [1.165, 1.54) is 10.8 Å². The summed E-state index contributed by atoms with van der Waals surface area (Å²) in [5.41, 5.74) is 9.69. The Morgan fingerprint density at radius 1 is 0.477 bits per heavy atom. The highest BCUT2D eigenvalue weighted by molar-refractivity contribution is 6.14. The van der Waals surface area contributed by atoms with Crippen molar-refractivity contribution in [3.8, 4) is 39.6 Å². The molecule has 0 atom stereocenters. The Morgan fingerprint density at radius 3 is 1.91 bits per heavy atom. The first kappa shape index (κ1) is 24.6.